The predicted molar refractivity (Wildman–Crippen MR) is 107 cm³/mol. The Morgan fingerprint density at radius 1 is 0.793 bits per heavy atom. The van der Waals surface area contributed by atoms with Crippen molar-refractivity contribution in [3.05, 3.63) is 111 Å². The van der Waals surface area contributed by atoms with Crippen LogP contribution in [0.25, 0.3) is 11.1 Å². The van der Waals surface area contributed by atoms with Gasteiger partial charge in [0, 0.05) is 0 Å². The molecule has 0 aliphatic heterocycles. The van der Waals surface area contributed by atoms with Crippen molar-refractivity contribution in [2.24, 2.45) is 0 Å². The third-order valence-electron chi connectivity index (χ3n) is 4.46. The fourth-order valence-corrected chi connectivity index (χ4v) is 2.83. The van der Waals surface area contributed by atoms with E-state index in [0.29, 0.717) is 22.3 Å². The summed E-state index contributed by atoms with van der Waals surface area (Å²) in [6, 6.07) is 12.0. The van der Waals surface area contributed by atoms with E-state index >= 15 is 0 Å². The molecule has 0 saturated heterocycles. The summed E-state index contributed by atoms with van der Waals surface area (Å²) in [5, 5.41) is 10.1. The number of aromatic hydroxyl groups is 1. The Morgan fingerprint density at radius 3 is 1.66 bits per heavy atom. The van der Waals surface area contributed by atoms with Crippen LogP contribution < -0.4 is 11.2 Å². The summed E-state index contributed by atoms with van der Waals surface area (Å²) < 4.78 is 28.1. The molecule has 148 valence electrons. The first-order chi connectivity index (χ1) is 13.8. The zero-order valence-corrected chi connectivity index (χ0v) is 15.4. The van der Waals surface area contributed by atoms with E-state index in [2.05, 4.69) is 13.2 Å². The Balaban J connectivity index is 1.91. The number of nitrogens with zero attached hydrogens (tertiary/aromatic N) is 2. The fraction of sp³-hybridized carbons (Fsp3) is 0.0909. The van der Waals surface area contributed by atoms with Gasteiger partial charge in [-0.1, -0.05) is 37.4 Å². The smallest absolute Gasteiger partial charge is 0.334 e. The summed E-state index contributed by atoms with van der Waals surface area (Å²) in [5.74, 6) is -1.33. The van der Waals surface area contributed by atoms with Crippen molar-refractivity contribution in [3.63, 3.8) is 0 Å². The molecule has 0 atom stereocenters. The lowest BCUT2D eigenvalue weighted by molar-refractivity contribution is 0.404. The summed E-state index contributed by atoms with van der Waals surface area (Å²) in [7, 11) is 0. The molecule has 1 aromatic heterocycles. The molecule has 0 bridgehead atoms. The number of hydrogen-bond donors (Lipinski definition) is 1. The molecule has 7 heteroatoms. The fourth-order valence-electron chi connectivity index (χ4n) is 2.83. The number of benzene rings is 2. The standard InChI is InChI=1S/C22H18F2N2O3/c1-14(16-3-7-18(23)8-4-16)12-25-20(27)11-21(28)26(22(25)29)13-15(2)17-5-9-19(24)10-6-17/h3-11,27H,1-2,12-13H2. The first kappa shape index (κ1) is 20.0. The monoisotopic (exact) mass is 396 g/mol. The van der Waals surface area contributed by atoms with E-state index in [-0.39, 0.29) is 13.1 Å². The third kappa shape index (κ3) is 4.40. The lowest BCUT2D eigenvalue weighted by Crippen LogP contribution is -2.39. The summed E-state index contributed by atoms with van der Waals surface area (Å²) in [6.45, 7) is 7.49. The number of halogens is 2. The maximum Gasteiger partial charge on any atom is 0.334 e. The number of rotatable bonds is 6. The predicted octanol–water partition coefficient (Wildman–Crippen LogP) is 3.42. The van der Waals surface area contributed by atoms with E-state index in [1.54, 1.807) is 0 Å². The van der Waals surface area contributed by atoms with Gasteiger partial charge in [-0.3, -0.25) is 13.9 Å². The average Bonchev–Trinajstić information content (AvgIpc) is 2.69. The molecule has 0 aliphatic rings. The number of aromatic nitrogens is 2. The molecule has 0 radical (unpaired) electrons. The van der Waals surface area contributed by atoms with Crippen LogP contribution >= 0.6 is 0 Å². The molecule has 1 N–H and O–H groups in total. The molecule has 0 unspecified atom stereocenters. The van der Waals surface area contributed by atoms with Gasteiger partial charge in [-0.25, -0.2) is 13.6 Å². The van der Waals surface area contributed by atoms with Crippen LogP contribution in [-0.2, 0) is 13.1 Å². The summed E-state index contributed by atoms with van der Waals surface area (Å²) >= 11 is 0. The summed E-state index contributed by atoms with van der Waals surface area (Å²) in [6.07, 6.45) is 0. The lowest BCUT2D eigenvalue weighted by atomic mass is 10.1. The van der Waals surface area contributed by atoms with Gasteiger partial charge >= 0.3 is 5.69 Å². The first-order valence-corrected chi connectivity index (χ1v) is 8.67. The molecule has 29 heavy (non-hydrogen) atoms. The number of hydrogen-bond acceptors (Lipinski definition) is 3. The van der Waals surface area contributed by atoms with Crippen LogP contribution in [0.5, 0.6) is 5.88 Å². The molecule has 3 aromatic rings. The van der Waals surface area contributed by atoms with E-state index in [1.807, 2.05) is 0 Å². The van der Waals surface area contributed by atoms with E-state index in [1.165, 1.54) is 48.5 Å². The van der Waals surface area contributed by atoms with Gasteiger partial charge < -0.3 is 5.11 Å². The van der Waals surface area contributed by atoms with Crippen LogP contribution in [0.4, 0.5) is 8.78 Å². The number of allylic oxidation sites excluding steroid dienone is 2. The minimum Gasteiger partial charge on any atom is -0.494 e. The van der Waals surface area contributed by atoms with Crippen molar-refractivity contribution in [2.75, 3.05) is 0 Å². The van der Waals surface area contributed by atoms with Crippen molar-refractivity contribution < 1.29 is 13.9 Å². The Labute approximate surface area is 165 Å². The van der Waals surface area contributed by atoms with Crippen LogP contribution in [0.2, 0.25) is 0 Å². The van der Waals surface area contributed by atoms with Crippen molar-refractivity contribution in [2.45, 2.75) is 13.1 Å². The summed E-state index contributed by atoms with van der Waals surface area (Å²) in [5.41, 5.74) is 0.601. The van der Waals surface area contributed by atoms with Gasteiger partial charge in [0.2, 0.25) is 5.88 Å². The van der Waals surface area contributed by atoms with Crippen LogP contribution in [0, 0.1) is 11.6 Å². The maximum atomic E-state index is 13.1. The maximum absolute atomic E-state index is 13.1. The van der Waals surface area contributed by atoms with Crippen molar-refractivity contribution >= 4 is 11.1 Å². The Morgan fingerprint density at radius 2 is 1.21 bits per heavy atom. The first-order valence-electron chi connectivity index (χ1n) is 8.67. The molecule has 0 amide bonds. The van der Waals surface area contributed by atoms with Crippen LogP contribution in [0.1, 0.15) is 11.1 Å². The highest BCUT2D eigenvalue weighted by Crippen LogP contribution is 2.17. The highest BCUT2D eigenvalue weighted by molar-refractivity contribution is 5.64. The molecule has 1 heterocycles. The molecular weight excluding hydrogens is 378 g/mol. The zero-order valence-electron chi connectivity index (χ0n) is 15.4. The second kappa shape index (κ2) is 8.10. The van der Waals surface area contributed by atoms with Gasteiger partial charge in [-0.05, 0) is 46.5 Å². The third-order valence-corrected chi connectivity index (χ3v) is 4.46. The largest absolute Gasteiger partial charge is 0.494 e. The van der Waals surface area contributed by atoms with Gasteiger partial charge in [-0.2, -0.15) is 0 Å². The summed E-state index contributed by atoms with van der Waals surface area (Å²) in [4.78, 5) is 25.1. The van der Waals surface area contributed by atoms with E-state index < -0.39 is 28.8 Å². The molecule has 3 rings (SSSR count). The average molecular weight is 396 g/mol. The van der Waals surface area contributed by atoms with Crippen LogP contribution in [0.3, 0.4) is 0 Å². The van der Waals surface area contributed by atoms with Gasteiger partial charge in [0.1, 0.15) is 11.6 Å². The SMILES string of the molecule is C=C(Cn1c(O)cc(=O)n(CC(=C)c2ccc(F)cc2)c1=O)c1ccc(F)cc1. The molecule has 0 fully saturated rings. The van der Waals surface area contributed by atoms with Gasteiger partial charge in [0.15, 0.2) is 0 Å². The minimum atomic E-state index is -0.749. The normalized spacial score (nSPS) is 10.7. The Kier molecular flexibility index (Phi) is 5.59. The van der Waals surface area contributed by atoms with Crippen molar-refractivity contribution in [1.29, 1.82) is 0 Å². The molecule has 0 aliphatic carbocycles. The molecule has 5 nitrogen and oxygen atoms in total. The zero-order chi connectivity index (χ0) is 21.1. The highest BCUT2D eigenvalue weighted by atomic mass is 19.1. The quantitative estimate of drug-likeness (QED) is 0.695. The van der Waals surface area contributed by atoms with E-state index in [9.17, 15) is 23.5 Å². The minimum absolute atomic E-state index is 0.0976. The van der Waals surface area contributed by atoms with Crippen molar-refractivity contribution in [1.82, 2.24) is 9.13 Å². The Hall–Kier alpha value is -3.74. The molecular formula is C22H18F2N2O3. The Bertz CT molecular complexity index is 1190. The second-order valence-corrected chi connectivity index (χ2v) is 6.52. The molecule has 0 spiro atoms. The van der Waals surface area contributed by atoms with Crippen LogP contribution in [-0.4, -0.2) is 14.2 Å². The molecule has 2 aromatic carbocycles. The van der Waals surface area contributed by atoms with Crippen LogP contribution in [0.15, 0.2) is 77.3 Å². The highest BCUT2D eigenvalue weighted by Gasteiger charge is 2.14. The van der Waals surface area contributed by atoms with Gasteiger partial charge in [0.05, 0.1) is 19.2 Å². The van der Waals surface area contributed by atoms with Gasteiger partial charge in [-0.15, -0.1) is 0 Å². The lowest BCUT2D eigenvalue weighted by Gasteiger charge is -2.14. The second-order valence-electron chi connectivity index (χ2n) is 6.52. The van der Waals surface area contributed by atoms with Gasteiger partial charge in [0.25, 0.3) is 5.56 Å². The van der Waals surface area contributed by atoms with Crippen molar-refractivity contribution in [3.8, 4) is 5.88 Å². The van der Waals surface area contributed by atoms with E-state index in [4.69, 9.17) is 0 Å². The topological polar surface area (TPSA) is 64.2 Å². The molecule has 0 saturated carbocycles. The van der Waals surface area contributed by atoms with E-state index in [0.717, 1.165) is 15.2 Å².